The number of rotatable bonds is 3. The summed E-state index contributed by atoms with van der Waals surface area (Å²) in [7, 11) is 0. The summed E-state index contributed by atoms with van der Waals surface area (Å²) in [5.41, 5.74) is 1.45. The van der Waals surface area contributed by atoms with E-state index in [0.717, 1.165) is 5.56 Å². The molecule has 1 aromatic heterocycles. The van der Waals surface area contributed by atoms with E-state index in [4.69, 9.17) is 0 Å². The van der Waals surface area contributed by atoms with Crippen LogP contribution in [0.3, 0.4) is 0 Å². The number of carbonyl (C=O) groups is 1. The monoisotopic (exact) mass is 245 g/mol. The zero-order chi connectivity index (χ0) is 12.8. The van der Waals surface area contributed by atoms with Gasteiger partial charge in [-0.15, -0.1) is 0 Å². The molecule has 18 heavy (non-hydrogen) atoms. The van der Waals surface area contributed by atoms with Gasteiger partial charge in [0.2, 0.25) is 0 Å². The molecular weight excluding hydrogens is 233 g/mol. The lowest BCUT2D eigenvalue weighted by molar-refractivity contribution is 0.251. The molecule has 1 aromatic carbocycles. The molecule has 2 N–H and O–H groups in total. The molecule has 92 valence electrons. The first-order chi connectivity index (χ1) is 8.74. The predicted octanol–water partition coefficient (Wildman–Crippen LogP) is 2.54. The highest BCUT2D eigenvalue weighted by Crippen LogP contribution is 2.07. The van der Waals surface area contributed by atoms with E-state index in [0.29, 0.717) is 12.2 Å². The molecule has 0 aliphatic carbocycles. The van der Waals surface area contributed by atoms with Crippen LogP contribution in [0.25, 0.3) is 0 Å². The van der Waals surface area contributed by atoms with Crippen LogP contribution in [-0.4, -0.2) is 11.0 Å². The molecular formula is C13H12FN3O. The lowest BCUT2D eigenvalue weighted by atomic mass is 10.3. The number of hydrogen-bond donors (Lipinski definition) is 2. The van der Waals surface area contributed by atoms with Crippen molar-refractivity contribution in [3.63, 3.8) is 0 Å². The van der Waals surface area contributed by atoms with Crippen molar-refractivity contribution in [3.05, 3.63) is 60.2 Å². The van der Waals surface area contributed by atoms with E-state index >= 15 is 0 Å². The highest BCUT2D eigenvalue weighted by molar-refractivity contribution is 5.89. The molecule has 0 aliphatic heterocycles. The number of halogens is 1. The minimum Gasteiger partial charge on any atom is -0.334 e. The lowest BCUT2D eigenvalue weighted by Crippen LogP contribution is -2.28. The number of anilines is 1. The Morgan fingerprint density at radius 3 is 2.67 bits per heavy atom. The molecule has 5 heteroatoms. The zero-order valence-corrected chi connectivity index (χ0v) is 9.56. The molecule has 2 amide bonds. The number of pyridine rings is 1. The SMILES string of the molecule is O=C(NCc1cccnc1)Nc1ccc(F)cc1. The number of hydrogen-bond acceptors (Lipinski definition) is 2. The Labute approximate surface area is 104 Å². The third-order valence-electron chi connectivity index (χ3n) is 2.28. The number of aromatic nitrogens is 1. The normalized spacial score (nSPS) is 9.83. The van der Waals surface area contributed by atoms with Gasteiger partial charge in [-0.1, -0.05) is 6.07 Å². The van der Waals surface area contributed by atoms with Crippen LogP contribution in [0.1, 0.15) is 5.56 Å². The molecule has 2 rings (SSSR count). The first kappa shape index (κ1) is 12.0. The van der Waals surface area contributed by atoms with Gasteiger partial charge in [-0.05, 0) is 35.9 Å². The summed E-state index contributed by atoms with van der Waals surface area (Å²) < 4.78 is 12.7. The largest absolute Gasteiger partial charge is 0.334 e. The molecule has 0 aliphatic rings. The maximum absolute atomic E-state index is 12.7. The number of carbonyl (C=O) groups excluding carboxylic acids is 1. The van der Waals surface area contributed by atoms with Crippen LogP contribution in [0.2, 0.25) is 0 Å². The van der Waals surface area contributed by atoms with Gasteiger partial charge in [0.05, 0.1) is 0 Å². The van der Waals surface area contributed by atoms with Crippen LogP contribution in [-0.2, 0) is 6.54 Å². The Morgan fingerprint density at radius 2 is 2.00 bits per heavy atom. The van der Waals surface area contributed by atoms with Gasteiger partial charge in [0.1, 0.15) is 5.82 Å². The molecule has 0 fully saturated rings. The molecule has 0 spiro atoms. The fourth-order valence-corrected chi connectivity index (χ4v) is 1.39. The second kappa shape index (κ2) is 5.77. The summed E-state index contributed by atoms with van der Waals surface area (Å²) in [6.07, 6.45) is 3.35. The Bertz CT molecular complexity index is 514. The summed E-state index contributed by atoms with van der Waals surface area (Å²) in [4.78, 5) is 15.5. The molecule has 2 aromatic rings. The van der Waals surface area contributed by atoms with Crippen LogP contribution in [0.4, 0.5) is 14.9 Å². The predicted molar refractivity (Wildman–Crippen MR) is 66.5 cm³/mol. The van der Waals surface area contributed by atoms with E-state index < -0.39 is 0 Å². The first-order valence-electron chi connectivity index (χ1n) is 5.43. The number of nitrogens with one attached hydrogen (secondary N) is 2. The van der Waals surface area contributed by atoms with E-state index in [1.165, 1.54) is 24.3 Å². The Kier molecular flexibility index (Phi) is 3.86. The minimum absolute atomic E-state index is 0.337. The zero-order valence-electron chi connectivity index (χ0n) is 9.56. The third-order valence-corrected chi connectivity index (χ3v) is 2.28. The van der Waals surface area contributed by atoms with E-state index in [2.05, 4.69) is 15.6 Å². The van der Waals surface area contributed by atoms with Crippen molar-refractivity contribution in [1.29, 1.82) is 0 Å². The number of nitrogens with zero attached hydrogens (tertiary/aromatic N) is 1. The second-order valence-electron chi connectivity index (χ2n) is 3.68. The van der Waals surface area contributed by atoms with Gasteiger partial charge >= 0.3 is 6.03 Å². The van der Waals surface area contributed by atoms with Gasteiger partial charge in [-0.3, -0.25) is 4.98 Å². The number of benzene rings is 1. The standard InChI is InChI=1S/C13H12FN3O/c14-11-3-5-12(6-4-11)17-13(18)16-9-10-2-1-7-15-8-10/h1-8H,9H2,(H2,16,17,18). The van der Waals surface area contributed by atoms with Crippen molar-refractivity contribution in [3.8, 4) is 0 Å². The maximum atomic E-state index is 12.7. The van der Waals surface area contributed by atoms with Gasteiger partial charge in [-0.2, -0.15) is 0 Å². The van der Waals surface area contributed by atoms with Crippen LogP contribution in [0, 0.1) is 5.82 Å². The number of amides is 2. The lowest BCUT2D eigenvalue weighted by Gasteiger charge is -2.07. The molecule has 0 unspecified atom stereocenters. The van der Waals surface area contributed by atoms with Crippen molar-refractivity contribution >= 4 is 11.7 Å². The summed E-state index contributed by atoms with van der Waals surface area (Å²) in [5, 5.41) is 5.28. The van der Waals surface area contributed by atoms with Gasteiger partial charge in [0, 0.05) is 24.6 Å². The summed E-state index contributed by atoms with van der Waals surface area (Å²) in [6.45, 7) is 0.390. The van der Waals surface area contributed by atoms with E-state index in [1.807, 2.05) is 6.07 Å². The molecule has 4 nitrogen and oxygen atoms in total. The molecule has 0 bridgehead atoms. The van der Waals surface area contributed by atoms with Gasteiger partial charge in [-0.25, -0.2) is 9.18 Å². The molecule has 0 radical (unpaired) electrons. The average molecular weight is 245 g/mol. The molecule has 0 saturated heterocycles. The van der Waals surface area contributed by atoms with E-state index in [1.54, 1.807) is 18.5 Å². The summed E-state index contributed by atoms with van der Waals surface area (Å²) in [5.74, 6) is -0.337. The molecule has 0 atom stereocenters. The first-order valence-corrected chi connectivity index (χ1v) is 5.43. The van der Waals surface area contributed by atoms with Crippen LogP contribution in [0.15, 0.2) is 48.8 Å². The topological polar surface area (TPSA) is 54.0 Å². The van der Waals surface area contributed by atoms with Crippen molar-refractivity contribution < 1.29 is 9.18 Å². The molecule has 0 saturated carbocycles. The van der Waals surface area contributed by atoms with E-state index in [9.17, 15) is 9.18 Å². The van der Waals surface area contributed by atoms with Gasteiger partial charge in [0.15, 0.2) is 0 Å². The molecule has 1 heterocycles. The van der Waals surface area contributed by atoms with Crippen molar-refractivity contribution in [1.82, 2.24) is 10.3 Å². The maximum Gasteiger partial charge on any atom is 0.319 e. The highest BCUT2D eigenvalue weighted by atomic mass is 19.1. The Hall–Kier alpha value is -2.43. The van der Waals surface area contributed by atoms with E-state index in [-0.39, 0.29) is 11.8 Å². The van der Waals surface area contributed by atoms with Gasteiger partial charge in [0.25, 0.3) is 0 Å². The van der Waals surface area contributed by atoms with Crippen LogP contribution in [0.5, 0.6) is 0 Å². The average Bonchev–Trinajstić information content (AvgIpc) is 2.40. The fourth-order valence-electron chi connectivity index (χ4n) is 1.39. The van der Waals surface area contributed by atoms with Crippen molar-refractivity contribution in [2.24, 2.45) is 0 Å². The van der Waals surface area contributed by atoms with Gasteiger partial charge < -0.3 is 10.6 Å². The van der Waals surface area contributed by atoms with Crippen LogP contribution >= 0.6 is 0 Å². The quantitative estimate of drug-likeness (QED) is 0.873. The Balaban J connectivity index is 1.84. The second-order valence-corrected chi connectivity index (χ2v) is 3.68. The van der Waals surface area contributed by atoms with Crippen molar-refractivity contribution in [2.45, 2.75) is 6.54 Å². The third kappa shape index (κ3) is 3.55. The highest BCUT2D eigenvalue weighted by Gasteiger charge is 2.01. The Morgan fingerprint density at radius 1 is 1.22 bits per heavy atom. The van der Waals surface area contributed by atoms with Crippen molar-refractivity contribution in [2.75, 3.05) is 5.32 Å². The van der Waals surface area contributed by atoms with Crippen LogP contribution < -0.4 is 10.6 Å². The summed E-state index contributed by atoms with van der Waals surface area (Å²) in [6, 6.07) is 8.90. The smallest absolute Gasteiger partial charge is 0.319 e. The fraction of sp³-hybridized carbons (Fsp3) is 0.0769. The number of urea groups is 1. The summed E-state index contributed by atoms with van der Waals surface area (Å²) >= 11 is 0. The minimum atomic E-state index is -0.342.